The Morgan fingerprint density at radius 1 is 1.33 bits per heavy atom. The summed E-state index contributed by atoms with van der Waals surface area (Å²) in [4.78, 5) is 21.0. The third kappa shape index (κ3) is 7.69. The van der Waals surface area contributed by atoms with Gasteiger partial charge < -0.3 is 15.5 Å². The van der Waals surface area contributed by atoms with E-state index in [1.54, 1.807) is 0 Å². The molecular weight excluding hydrogens is 198 g/mol. The zero-order valence-corrected chi connectivity index (χ0v) is 8.99. The maximum Gasteiger partial charge on any atom is 0.320 e. The molecule has 0 aliphatic rings. The molecule has 86 valence electrons. The van der Waals surface area contributed by atoms with Gasteiger partial charge in [0.2, 0.25) is 0 Å². The number of hydrogen-bond donors (Lipinski definition) is 3. The van der Waals surface area contributed by atoms with E-state index in [0.29, 0.717) is 6.54 Å². The standard InChI is InChI=1S/C10H17NO4/c1-7(2)5-6-11-8(10(14)15)3-4-9(12)13/h5,8,11H,3-4,6H2,1-2H3,(H,12,13)(H,14,15)/t8-/m0/s1. The summed E-state index contributed by atoms with van der Waals surface area (Å²) in [7, 11) is 0. The van der Waals surface area contributed by atoms with Crippen LogP contribution in [0.4, 0.5) is 0 Å². The number of carbonyl (C=O) groups is 2. The second-order valence-corrected chi connectivity index (χ2v) is 3.51. The third-order valence-electron chi connectivity index (χ3n) is 1.82. The van der Waals surface area contributed by atoms with Gasteiger partial charge in [-0.15, -0.1) is 0 Å². The maximum atomic E-state index is 10.7. The van der Waals surface area contributed by atoms with Gasteiger partial charge in [0.05, 0.1) is 0 Å². The molecule has 0 heterocycles. The van der Waals surface area contributed by atoms with E-state index in [2.05, 4.69) is 5.32 Å². The summed E-state index contributed by atoms with van der Waals surface area (Å²) in [6, 6.07) is -0.795. The first-order valence-corrected chi connectivity index (χ1v) is 4.75. The lowest BCUT2D eigenvalue weighted by Gasteiger charge is -2.11. The average molecular weight is 215 g/mol. The molecule has 0 fully saturated rings. The molecule has 15 heavy (non-hydrogen) atoms. The second-order valence-electron chi connectivity index (χ2n) is 3.51. The molecule has 5 heteroatoms. The Bertz CT molecular complexity index is 256. The van der Waals surface area contributed by atoms with Crippen molar-refractivity contribution in [2.24, 2.45) is 0 Å². The fourth-order valence-corrected chi connectivity index (χ4v) is 0.986. The highest BCUT2D eigenvalue weighted by Crippen LogP contribution is 1.98. The Labute approximate surface area is 88.8 Å². The molecule has 0 saturated heterocycles. The van der Waals surface area contributed by atoms with Gasteiger partial charge in [-0.1, -0.05) is 11.6 Å². The van der Waals surface area contributed by atoms with Crippen molar-refractivity contribution in [1.82, 2.24) is 5.32 Å². The predicted octanol–water partition coefficient (Wildman–Crippen LogP) is 0.860. The Balaban J connectivity index is 4.00. The summed E-state index contributed by atoms with van der Waals surface area (Å²) in [6.45, 7) is 4.27. The van der Waals surface area contributed by atoms with E-state index in [1.807, 2.05) is 19.9 Å². The minimum Gasteiger partial charge on any atom is -0.481 e. The van der Waals surface area contributed by atoms with E-state index in [4.69, 9.17) is 10.2 Å². The van der Waals surface area contributed by atoms with Crippen molar-refractivity contribution < 1.29 is 19.8 Å². The Morgan fingerprint density at radius 2 is 1.93 bits per heavy atom. The van der Waals surface area contributed by atoms with Crippen LogP contribution in [0.2, 0.25) is 0 Å². The largest absolute Gasteiger partial charge is 0.481 e. The van der Waals surface area contributed by atoms with Crippen LogP contribution < -0.4 is 5.32 Å². The van der Waals surface area contributed by atoms with Gasteiger partial charge in [-0.25, -0.2) is 0 Å². The highest BCUT2D eigenvalue weighted by atomic mass is 16.4. The molecule has 0 unspecified atom stereocenters. The minimum absolute atomic E-state index is 0.0985. The van der Waals surface area contributed by atoms with E-state index >= 15 is 0 Å². The molecule has 1 atom stereocenters. The van der Waals surface area contributed by atoms with Crippen LogP contribution in [0.5, 0.6) is 0 Å². The molecule has 0 spiro atoms. The fourth-order valence-electron chi connectivity index (χ4n) is 0.986. The van der Waals surface area contributed by atoms with Crippen LogP contribution in [0, 0.1) is 0 Å². The topological polar surface area (TPSA) is 86.6 Å². The number of carboxylic acids is 2. The van der Waals surface area contributed by atoms with Crippen molar-refractivity contribution in [3.63, 3.8) is 0 Å². The molecule has 0 aromatic rings. The molecule has 0 aromatic carbocycles. The maximum absolute atomic E-state index is 10.7. The van der Waals surface area contributed by atoms with Gasteiger partial charge in [0, 0.05) is 13.0 Å². The Kier molecular flexibility index (Phi) is 6.37. The van der Waals surface area contributed by atoms with Crippen molar-refractivity contribution in [3.8, 4) is 0 Å². The van der Waals surface area contributed by atoms with Gasteiger partial charge in [0.1, 0.15) is 6.04 Å². The van der Waals surface area contributed by atoms with Crippen LogP contribution in [0.1, 0.15) is 26.7 Å². The first-order chi connectivity index (χ1) is 6.93. The average Bonchev–Trinajstić information content (AvgIpc) is 2.09. The van der Waals surface area contributed by atoms with Crippen LogP contribution in [0.25, 0.3) is 0 Å². The molecule has 0 aliphatic carbocycles. The summed E-state index contributed by atoms with van der Waals surface area (Å²) >= 11 is 0. The number of rotatable bonds is 7. The summed E-state index contributed by atoms with van der Waals surface area (Å²) in [5, 5.41) is 20.0. The number of carboxylic acid groups (broad SMARTS) is 2. The zero-order chi connectivity index (χ0) is 11.8. The van der Waals surface area contributed by atoms with E-state index < -0.39 is 18.0 Å². The van der Waals surface area contributed by atoms with E-state index in [9.17, 15) is 9.59 Å². The Hall–Kier alpha value is -1.36. The smallest absolute Gasteiger partial charge is 0.320 e. The molecule has 0 aliphatic heterocycles. The Morgan fingerprint density at radius 3 is 2.33 bits per heavy atom. The highest BCUT2D eigenvalue weighted by Gasteiger charge is 2.16. The lowest BCUT2D eigenvalue weighted by atomic mass is 10.1. The van der Waals surface area contributed by atoms with Crippen molar-refractivity contribution >= 4 is 11.9 Å². The van der Waals surface area contributed by atoms with Crippen LogP contribution >= 0.6 is 0 Å². The summed E-state index contributed by atoms with van der Waals surface area (Å²) in [6.07, 6.45) is 1.82. The molecule has 0 rings (SSSR count). The number of aliphatic carboxylic acids is 2. The van der Waals surface area contributed by atoms with Crippen molar-refractivity contribution in [2.75, 3.05) is 6.54 Å². The van der Waals surface area contributed by atoms with Crippen molar-refractivity contribution in [2.45, 2.75) is 32.7 Å². The van der Waals surface area contributed by atoms with E-state index in [0.717, 1.165) is 5.57 Å². The molecule has 3 N–H and O–H groups in total. The van der Waals surface area contributed by atoms with Crippen LogP contribution in [0.3, 0.4) is 0 Å². The van der Waals surface area contributed by atoms with E-state index in [-0.39, 0.29) is 12.8 Å². The monoisotopic (exact) mass is 215 g/mol. The molecule has 5 nitrogen and oxygen atoms in total. The molecule has 0 saturated carbocycles. The summed E-state index contributed by atoms with van der Waals surface area (Å²) < 4.78 is 0. The lowest BCUT2D eigenvalue weighted by molar-refractivity contribution is -0.140. The molecule has 0 radical (unpaired) electrons. The first kappa shape index (κ1) is 13.6. The normalized spacial score (nSPS) is 11.9. The lowest BCUT2D eigenvalue weighted by Crippen LogP contribution is -2.37. The summed E-state index contributed by atoms with van der Waals surface area (Å²) in [5.41, 5.74) is 1.09. The molecule has 0 bridgehead atoms. The van der Waals surface area contributed by atoms with Crippen LogP contribution in [-0.2, 0) is 9.59 Å². The zero-order valence-electron chi connectivity index (χ0n) is 8.99. The van der Waals surface area contributed by atoms with Crippen LogP contribution in [-0.4, -0.2) is 34.7 Å². The third-order valence-corrected chi connectivity index (χ3v) is 1.82. The van der Waals surface area contributed by atoms with Gasteiger partial charge in [-0.2, -0.15) is 0 Å². The fraction of sp³-hybridized carbons (Fsp3) is 0.600. The first-order valence-electron chi connectivity index (χ1n) is 4.75. The SMILES string of the molecule is CC(C)=CCN[C@@H](CCC(=O)O)C(=O)O. The van der Waals surface area contributed by atoms with Gasteiger partial charge in [-0.05, 0) is 20.3 Å². The van der Waals surface area contributed by atoms with Gasteiger partial charge >= 0.3 is 11.9 Å². The minimum atomic E-state index is -1.02. The molecular formula is C10H17NO4. The van der Waals surface area contributed by atoms with Gasteiger partial charge in [0.15, 0.2) is 0 Å². The van der Waals surface area contributed by atoms with Crippen LogP contribution in [0.15, 0.2) is 11.6 Å². The molecule has 0 amide bonds. The number of nitrogens with one attached hydrogen (secondary N) is 1. The predicted molar refractivity (Wildman–Crippen MR) is 55.7 cm³/mol. The van der Waals surface area contributed by atoms with Crippen molar-refractivity contribution in [3.05, 3.63) is 11.6 Å². The van der Waals surface area contributed by atoms with E-state index in [1.165, 1.54) is 0 Å². The quantitative estimate of drug-likeness (QED) is 0.548. The van der Waals surface area contributed by atoms with Gasteiger partial charge in [0.25, 0.3) is 0 Å². The summed E-state index contributed by atoms with van der Waals surface area (Å²) in [5.74, 6) is -2.00. The highest BCUT2D eigenvalue weighted by molar-refractivity contribution is 5.75. The second kappa shape index (κ2) is 7.00. The number of hydrogen-bond acceptors (Lipinski definition) is 3. The molecule has 0 aromatic heterocycles. The van der Waals surface area contributed by atoms with Crippen molar-refractivity contribution in [1.29, 1.82) is 0 Å². The number of allylic oxidation sites excluding steroid dienone is 1. The van der Waals surface area contributed by atoms with Gasteiger partial charge in [-0.3, -0.25) is 9.59 Å².